The summed E-state index contributed by atoms with van der Waals surface area (Å²) in [6, 6.07) is 9.71. The van der Waals surface area contributed by atoms with Crippen LogP contribution in [0.1, 0.15) is 34.7 Å². The smallest absolute Gasteiger partial charge is 0.262 e. The molecule has 1 amide bonds. The van der Waals surface area contributed by atoms with Crippen LogP contribution in [0.15, 0.2) is 47.0 Å². The molecule has 0 spiro atoms. The Morgan fingerprint density at radius 2 is 2.06 bits per heavy atom. The van der Waals surface area contributed by atoms with E-state index in [1.807, 2.05) is 25.1 Å². The lowest BCUT2D eigenvalue weighted by Crippen LogP contribution is -2.49. The molecule has 3 heterocycles. The lowest BCUT2D eigenvalue weighted by atomic mass is 10.0. The van der Waals surface area contributed by atoms with Crippen LogP contribution >= 0.6 is 11.6 Å². The molecule has 1 aliphatic rings. The first-order valence-corrected chi connectivity index (χ1v) is 11.5. The van der Waals surface area contributed by atoms with Crippen molar-refractivity contribution in [3.8, 4) is 11.5 Å². The van der Waals surface area contributed by atoms with Gasteiger partial charge in [0.1, 0.15) is 11.6 Å². The average Bonchev–Trinajstić information content (AvgIpc) is 3.26. The predicted molar refractivity (Wildman–Crippen MR) is 129 cm³/mol. The number of anilines is 1. The van der Waals surface area contributed by atoms with Crippen LogP contribution in [0.4, 0.5) is 10.2 Å². The Kier molecular flexibility index (Phi) is 6.02. The minimum atomic E-state index is -0.660. The summed E-state index contributed by atoms with van der Waals surface area (Å²) in [5.74, 6) is -0.0294. The van der Waals surface area contributed by atoms with Gasteiger partial charge in [-0.15, -0.1) is 10.2 Å². The van der Waals surface area contributed by atoms with Crippen LogP contribution in [0.2, 0.25) is 5.02 Å². The van der Waals surface area contributed by atoms with E-state index in [0.717, 1.165) is 35.7 Å². The van der Waals surface area contributed by atoms with E-state index in [1.165, 1.54) is 12.1 Å². The fourth-order valence-corrected chi connectivity index (χ4v) is 4.78. The number of hydrogen-bond donors (Lipinski definition) is 1. The number of halogens is 2. The van der Waals surface area contributed by atoms with Gasteiger partial charge in [0, 0.05) is 35.6 Å². The molecule has 7 nitrogen and oxygen atoms in total. The van der Waals surface area contributed by atoms with Crippen molar-refractivity contribution >= 4 is 34.1 Å². The number of fused-ring (bicyclic) bond motifs is 1. The minimum absolute atomic E-state index is 0.0454. The van der Waals surface area contributed by atoms with Gasteiger partial charge in [-0.25, -0.2) is 9.37 Å². The molecule has 0 bridgehead atoms. The first-order valence-electron chi connectivity index (χ1n) is 11.1. The maximum absolute atomic E-state index is 15.3. The van der Waals surface area contributed by atoms with Crippen LogP contribution in [0.3, 0.4) is 0 Å². The van der Waals surface area contributed by atoms with Crippen molar-refractivity contribution in [2.24, 2.45) is 0 Å². The van der Waals surface area contributed by atoms with E-state index >= 15 is 4.39 Å². The largest absolute Gasteiger partial charge is 0.421 e. The lowest BCUT2D eigenvalue weighted by Gasteiger charge is -2.35. The number of hydrogen-bond acceptors (Lipinski definition) is 6. The molecule has 1 saturated heterocycles. The van der Waals surface area contributed by atoms with Crippen molar-refractivity contribution < 1.29 is 13.6 Å². The molecule has 1 atom stereocenters. The van der Waals surface area contributed by atoms with Crippen LogP contribution in [0.5, 0.6) is 0 Å². The first kappa shape index (κ1) is 22.4. The second-order valence-corrected chi connectivity index (χ2v) is 8.89. The van der Waals surface area contributed by atoms with Crippen LogP contribution in [-0.4, -0.2) is 40.2 Å². The molecule has 0 radical (unpaired) electrons. The number of aryl methyl sites for hydroxylation is 2. The fraction of sp³-hybridized carbons (Fsp3) is 0.280. The third-order valence-corrected chi connectivity index (χ3v) is 6.28. The van der Waals surface area contributed by atoms with Gasteiger partial charge in [-0.3, -0.25) is 9.69 Å². The van der Waals surface area contributed by atoms with Crippen molar-refractivity contribution in [2.45, 2.75) is 32.7 Å². The molecule has 34 heavy (non-hydrogen) atoms. The maximum atomic E-state index is 15.3. The van der Waals surface area contributed by atoms with Gasteiger partial charge in [0.25, 0.3) is 5.91 Å². The number of carbonyl (C=O) groups is 1. The van der Waals surface area contributed by atoms with E-state index in [4.69, 9.17) is 16.0 Å². The highest BCUT2D eigenvalue weighted by Gasteiger charge is 2.32. The summed E-state index contributed by atoms with van der Waals surface area (Å²) < 4.78 is 20.7. The van der Waals surface area contributed by atoms with E-state index in [-0.39, 0.29) is 17.5 Å². The maximum Gasteiger partial charge on any atom is 0.262 e. The summed E-state index contributed by atoms with van der Waals surface area (Å²) in [7, 11) is 0. The summed E-state index contributed by atoms with van der Waals surface area (Å²) >= 11 is 6.27. The number of nitrogens with zero attached hydrogens (tertiary/aromatic N) is 4. The molecule has 174 valence electrons. The van der Waals surface area contributed by atoms with E-state index in [0.29, 0.717) is 28.8 Å². The first-order chi connectivity index (χ1) is 16.4. The molecule has 0 unspecified atom stereocenters. The Hall–Kier alpha value is -3.36. The standard InChI is InChI=1S/C25H23ClFN5O2/c1-14-10-18(26)11-16-7-9-29-23(22(14)16)32(19-4-3-8-28-13-19)25(33)20-6-5-17(12-21(20)27)24-31-30-15(2)34-24/h5-7,9-12,19,28H,3-4,8,13H2,1-2H3/t19-/m1/s1. The monoisotopic (exact) mass is 479 g/mol. The number of rotatable bonds is 4. The normalized spacial score (nSPS) is 16.1. The number of nitrogens with one attached hydrogen (secondary N) is 1. The zero-order valence-electron chi connectivity index (χ0n) is 18.8. The molecule has 0 saturated carbocycles. The van der Waals surface area contributed by atoms with Crippen LogP contribution in [-0.2, 0) is 0 Å². The third kappa shape index (κ3) is 4.15. The van der Waals surface area contributed by atoms with E-state index in [9.17, 15) is 4.79 Å². The van der Waals surface area contributed by atoms with Crippen LogP contribution in [0.25, 0.3) is 22.2 Å². The number of benzene rings is 2. The van der Waals surface area contributed by atoms with Gasteiger partial charge < -0.3 is 9.73 Å². The van der Waals surface area contributed by atoms with Crippen molar-refractivity contribution in [1.82, 2.24) is 20.5 Å². The van der Waals surface area contributed by atoms with Crippen LogP contribution < -0.4 is 10.2 Å². The van der Waals surface area contributed by atoms with Crippen molar-refractivity contribution in [2.75, 3.05) is 18.0 Å². The molecule has 9 heteroatoms. The summed E-state index contributed by atoms with van der Waals surface area (Å²) in [4.78, 5) is 20.1. The second-order valence-electron chi connectivity index (χ2n) is 8.45. The van der Waals surface area contributed by atoms with E-state index in [1.54, 1.807) is 24.1 Å². The zero-order valence-corrected chi connectivity index (χ0v) is 19.6. The van der Waals surface area contributed by atoms with Gasteiger partial charge in [-0.1, -0.05) is 11.6 Å². The average molecular weight is 480 g/mol. The Morgan fingerprint density at radius 3 is 2.76 bits per heavy atom. The van der Waals surface area contributed by atoms with Crippen molar-refractivity contribution in [1.29, 1.82) is 0 Å². The quantitative estimate of drug-likeness (QED) is 0.438. The summed E-state index contributed by atoms with van der Waals surface area (Å²) in [6.45, 7) is 5.07. The fourth-order valence-electron chi connectivity index (χ4n) is 4.49. The Balaban J connectivity index is 1.61. The highest BCUT2D eigenvalue weighted by molar-refractivity contribution is 6.31. The minimum Gasteiger partial charge on any atom is -0.421 e. The third-order valence-electron chi connectivity index (χ3n) is 6.06. The van der Waals surface area contributed by atoms with Crippen molar-refractivity contribution in [3.05, 3.63) is 70.5 Å². The zero-order chi connectivity index (χ0) is 23.8. The van der Waals surface area contributed by atoms with Crippen molar-refractivity contribution in [3.63, 3.8) is 0 Å². The molecule has 4 aromatic rings. The molecule has 5 rings (SSSR count). The number of amides is 1. The number of aromatic nitrogens is 3. The highest BCUT2D eigenvalue weighted by Crippen LogP contribution is 2.34. The molecule has 1 fully saturated rings. The van der Waals surface area contributed by atoms with Gasteiger partial charge in [0.15, 0.2) is 0 Å². The second kappa shape index (κ2) is 9.12. The molecule has 1 N–H and O–H groups in total. The topological polar surface area (TPSA) is 84.2 Å². The van der Waals surface area contributed by atoms with Crippen LogP contribution in [0, 0.1) is 19.7 Å². The summed E-state index contributed by atoms with van der Waals surface area (Å²) in [6.07, 6.45) is 3.34. The summed E-state index contributed by atoms with van der Waals surface area (Å²) in [5, 5.41) is 13.4. The summed E-state index contributed by atoms with van der Waals surface area (Å²) in [5.41, 5.74) is 1.26. The molecular weight excluding hydrogens is 457 g/mol. The lowest BCUT2D eigenvalue weighted by molar-refractivity contribution is 0.0968. The van der Waals surface area contributed by atoms with E-state index < -0.39 is 11.7 Å². The van der Waals surface area contributed by atoms with Gasteiger partial charge in [-0.2, -0.15) is 0 Å². The Morgan fingerprint density at radius 1 is 1.21 bits per heavy atom. The van der Waals surface area contributed by atoms with Gasteiger partial charge in [-0.05, 0) is 73.7 Å². The predicted octanol–water partition coefficient (Wildman–Crippen LogP) is 5.09. The number of pyridine rings is 1. The molecule has 2 aromatic heterocycles. The molecule has 2 aromatic carbocycles. The highest BCUT2D eigenvalue weighted by atomic mass is 35.5. The Labute approximate surface area is 201 Å². The Bertz CT molecular complexity index is 1380. The number of carbonyl (C=O) groups excluding carboxylic acids is 1. The van der Waals surface area contributed by atoms with Gasteiger partial charge in [0.2, 0.25) is 11.8 Å². The molecule has 0 aliphatic carbocycles. The van der Waals surface area contributed by atoms with Gasteiger partial charge >= 0.3 is 0 Å². The number of piperidine rings is 1. The molecule has 1 aliphatic heterocycles. The van der Waals surface area contributed by atoms with E-state index in [2.05, 4.69) is 20.5 Å². The van der Waals surface area contributed by atoms with Gasteiger partial charge in [0.05, 0.1) is 11.6 Å². The molecular formula is C25H23ClFN5O2. The SMILES string of the molecule is Cc1nnc(-c2ccc(C(=O)N(c3nccc4cc(Cl)cc(C)c34)[C@@H]3CCCNC3)c(F)c2)o1.